The van der Waals surface area contributed by atoms with Crippen LogP contribution >= 0.6 is 0 Å². The highest BCUT2D eigenvalue weighted by atomic mass is 16.5. The molecule has 1 aromatic carbocycles. The van der Waals surface area contributed by atoms with Crippen LogP contribution in [0.4, 0.5) is 5.69 Å². The molecule has 0 saturated heterocycles. The standard InChI is InChI=1S/C15H20N2O4/c1-4-9-17(10-13(18)21-3)15(20)14(19)16-12-7-5-11(2)6-8-12/h5-8H,4,9-10H2,1-3H3,(H,16,19). The van der Waals surface area contributed by atoms with Gasteiger partial charge in [-0.3, -0.25) is 14.4 Å². The first-order chi connectivity index (χ1) is 9.97. The Morgan fingerprint density at radius 2 is 1.81 bits per heavy atom. The molecule has 0 aliphatic carbocycles. The zero-order chi connectivity index (χ0) is 15.8. The van der Waals surface area contributed by atoms with Crippen LogP contribution in [-0.2, 0) is 19.1 Å². The van der Waals surface area contributed by atoms with E-state index in [1.54, 1.807) is 12.1 Å². The molecule has 0 atom stereocenters. The largest absolute Gasteiger partial charge is 0.468 e. The summed E-state index contributed by atoms with van der Waals surface area (Å²) in [5, 5.41) is 2.52. The Hall–Kier alpha value is -2.37. The zero-order valence-corrected chi connectivity index (χ0v) is 12.5. The van der Waals surface area contributed by atoms with E-state index >= 15 is 0 Å². The number of hydrogen-bond donors (Lipinski definition) is 1. The second-order valence-electron chi connectivity index (χ2n) is 4.62. The lowest BCUT2D eigenvalue weighted by Gasteiger charge is -2.20. The molecule has 0 radical (unpaired) electrons. The number of benzene rings is 1. The molecular weight excluding hydrogens is 272 g/mol. The number of methoxy groups -OCH3 is 1. The van der Waals surface area contributed by atoms with E-state index in [9.17, 15) is 14.4 Å². The quantitative estimate of drug-likeness (QED) is 0.656. The summed E-state index contributed by atoms with van der Waals surface area (Å²) >= 11 is 0. The summed E-state index contributed by atoms with van der Waals surface area (Å²) in [4.78, 5) is 36.4. The van der Waals surface area contributed by atoms with Crippen LogP contribution in [0, 0.1) is 6.92 Å². The minimum atomic E-state index is -0.767. The van der Waals surface area contributed by atoms with Crippen molar-refractivity contribution in [3.63, 3.8) is 0 Å². The van der Waals surface area contributed by atoms with Gasteiger partial charge in [0.05, 0.1) is 7.11 Å². The van der Waals surface area contributed by atoms with Gasteiger partial charge in [0.1, 0.15) is 6.54 Å². The molecule has 0 bridgehead atoms. The van der Waals surface area contributed by atoms with Gasteiger partial charge in [0.15, 0.2) is 0 Å². The van der Waals surface area contributed by atoms with E-state index in [0.717, 1.165) is 5.56 Å². The molecule has 1 N–H and O–H groups in total. The minimum absolute atomic E-state index is 0.232. The number of nitrogens with one attached hydrogen (secondary N) is 1. The minimum Gasteiger partial charge on any atom is -0.468 e. The Morgan fingerprint density at radius 3 is 2.33 bits per heavy atom. The smallest absolute Gasteiger partial charge is 0.325 e. The van der Waals surface area contributed by atoms with Crippen molar-refractivity contribution in [3.8, 4) is 0 Å². The molecule has 0 fully saturated rings. The van der Waals surface area contributed by atoms with E-state index in [0.29, 0.717) is 18.7 Å². The highest BCUT2D eigenvalue weighted by molar-refractivity contribution is 6.39. The average molecular weight is 292 g/mol. The first kappa shape index (κ1) is 16.7. The third-order valence-electron chi connectivity index (χ3n) is 2.83. The van der Waals surface area contributed by atoms with Crippen LogP contribution in [0.1, 0.15) is 18.9 Å². The Labute approximate surface area is 124 Å². The number of aryl methyl sites for hydroxylation is 1. The Morgan fingerprint density at radius 1 is 1.19 bits per heavy atom. The molecule has 0 saturated carbocycles. The average Bonchev–Trinajstić information content (AvgIpc) is 2.48. The SMILES string of the molecule is CCCN(CC(=O)OC)C(=O)C(=O)Nc1ccc(C)cc1. The van der Waals surface area contributed by atoms with Gasteiger partial charge in [-0.25, -0.2) is 0 Å². The van der Waals surface area contributed by atoms with Gasteiger partial charge in [-0.15, -0.1) is 0 Å². The Kier molecular flexibility index (Phi) is 6.39. The topological polar surface area (TPSA) is 75.7 Å². The van der Waals surface area contributed by atoms with Gasteiger partial charge >= 0.3 is 17.8 Å². The first-order valence-corrected chi connectivity index (χ1v) is 6.71. The maximum atomic E-state index is 12.1. The van der Waals surface area contributed by atoms with Gasteiger partial charge in [0.25, 0.3) is 0 Å². The predicted molar refractivity (Wildman–Crippen MR) is 78.7 cm³/mol. The number of amides is 2. The van der Waals surface area contributed by atoms with Crippen molar-refractivity contribution in [2.24, 2.45) is 0 Å². The van der Waals surface area contributed by atoms with E-state index < -0.39 is 17.8 Å². The van der Waals surface area contributed by atoms with Crippen molar-refractivity contribution in [1.29, 1.82) is 0 Å². The van der Waals surface area contributed by atoms with Gasteiger partial charge in [-0.05, 0) is 25.5 Å². The molecule has 0 aliphatic rings. The van der Waals surface area contributed by atoms with Gasteiger partial charge in [-0.1, -0.05) is 24.6 Å². The lowest BCUT2D eigenvalue weighted by Crippen LogP contribution is -2.43. The van der Waals surface area contributed by atoms with Crippen molar-refractivity contribution in [1.82, 2.24) is 4.90 Å². The molecule has 21 heavy (non-hydrogen) atoms. The molecule has 0 spiro atoms. The van der Waals surface area contributed by atoms with E-state index in [1.807, 2.05) is 26.0 Å². The first-order valence-electron chi connectivity index (χ1n) is 6.71. The monoisotopic (exact) mass is 292 g/mol. The number of nitrogens with zero attached hydrogens (tertiary/aromatic N) is 1. The number of hydrogen-bond acceptors (Lipinski definition) is 4. The second-order valence-corrected chi connectivity index (χ2v) is 4.62. The predicted octanol–water partition coefficient (Wildman–Crippen LogP) is 1.35. The molecule has 114 valence electrons. The van der Waals surface area contributed by atoms with Crippen molar-refractivity contribution in [2.45, 2.75) is 20.3 Å². The summed E-state index contributed by atoms with van der Waals surface area (Å²) in [6, 6.07) is 7.09. The summed E-state index contributed by atoms with van der Waals surface area (Å²) in [6.07, 6.45) is 0.639. The number of ether oxygens (including phenoxy) is 1. The van der Waals surface area contributed by atoms with Crippen LogP contribution in [0.15, 0.2) is 24.3 Å². The third kappa shape index (κ3) is 5.25. The van der Waals surface area contributed by atoms with Crippen molar-refractivity contribution >= 4 is 23.5 Å². The maximum Gasteiger partial charge on any atom is 0.325 e. The molecular formula is C15H20N2O4. The third-order valence-corrected chi connectivity index (χ3v) is 2.83. The van der Waals surface area contributed by atoms with Gasteiger partial charge < -0.3 is 15.0 Å². The fraction of sp³-hybridized carbons (Fsp3) is 0.400. The Bertz CT molecular complexity index is 511. The fourth-order valence-corrected chi connectivity index (χ4v) is 1.71. The van der Waals surface area contributed by atoms with Crippen molar-refractivity contribution in [2.75, 3.05) is 25.5 Å². The molecule has 6 heteroatoms. The van der Waals surface area contributed by atoms with E-state index in [2.05, 4.69) is 10.1 Å². The van der Waals surface area contributed by atoms with Crippen LogP contribution in [0.3, 0.4) is 0 Å². The van der Waals surface area contributed by atoms with Crippen molar-refractivity contribution in [3.05, 3.63) is 29.8 Å². The molecule has 2 amide bonds. The lowest BCUT2D eigenvalue weighted by molar-refractivity contribution is -0.150. The normalized spacial score (nSPS) is 9.86. The summed E-state index contributed by atoms with van der Waals surface area (Å²) < 4.78 is 4.52. The van der Waals surface area contributed by atoms with Crippen LogP contribution < -0.4 is 5.32 Å². The molecule has 6 nitrogen and oxygen atoms in total. The molecule has 0 aromatic heterocycles. The molecule has 1 aromatic rings. The molecule has 0 unspecified atom stereocenters. The molecule has 1 rings (SSSR count). The highest BCUT2D eigenvalue weighted by Gasteiger charge is 2.23. The summed E-state index contributed by atoms with van der Waals surface area (Å²) in [5.41, 5.74) is 1.59. The summed E-state index contributed by atoms with van der Waals surface area (Å²) in [6.45, 7) is 3.87. The van der Waals surface area contributed by atoms with Gasteiger partial charge in [0.2, 0.25) is 0 Å². The number of anilines is 1. The highest BCUT2D eigenvalue weighted by Crippen LogP contribution is 2.09. The van der Waals surface area contributed by atoms with Crippen LogP contribution in [-0.4, -0.2) is 42.9 Å². The fourth-order valence-electron chi connectivity index (χ4n) is 1.71. The maximum absolute atomic E-state index is 12.1. The molecule has 0 heterocycles. The van der Waals surface area contributed by atoms with E-state index in [1.165, 1.54) is 12.0 Å². The van der Waals surface area contributed by atoms with E-state index in [4.69, 9.17) is 0 Å². The molecule has 0 aliphatic heterocycles. The van der Waals surface area contributed by atoms with Crippen molar-refractivity contribution < 1.29 is 19.1 Å². The Balaban J connectivity index is 2.71. The number of carbonyl (C=O) groups is 3. The number of esters is 1. The van der Waals surface area contributed by atoms with Crippen LogP contribution in [0.5, 0.6) is 0 Å². The number of carbonyl (C=O) groups excluding carboxylic acids is 3. The van der Waals surface area contributed by atoms with Gasteiger partial charge in [0, 0.05) is 12.2 Å². The van der Waals surface area contributed by atoms with Crippen LogP contribution in [0.25, 0.3) is 0 Å². The lowest BCUT2D eigenvalue weighted by atomic mass is 10.2. The van der Waals surface area contributed by atoms with Crippen LogP contribution in [0.2, 0.25) is 0 Å². The van der Waals surface area contributed by atoms with E-state index in [-0.39, 0.29) is 6.54 Å². The summed E-state index contributed by atoms with van der Waals surface area (Å²) in [7, 11) is 1.24. The summed E-state index contributed by atoms with van der Waals surface area (Å²) in [5.74, 6) is -2.07. The second kappa shape index (κ2) is 8.04. The van der Waals surface area contributed by atoms with Gasteiger partial charge in [-0.2, -0.15) is 0 Å². The number of rotatable bonds is 5. The zero-order valence-electron chi connectivity index (χ0n) is 12.5.